The lowest BCUT2D eigenvalue weighted by molar-refractivity contribution is 0.243. The lowest BCUT2D eigenvalue weighted by Crippen LogP contribution is -2.33. The number of hydrogen-bond donors (Lipinski definition) is 3. The minimum atomic E-state index is -0.245. The van der Waals surface area contributed by atoms with Crippen molar-refractivity contribution in [3.05, 3.63) is 47.7 Å². The van der Waals surface area contributed by atoms with Gasteiger partial charge in [0.05, 0.1) is 0 Å². The molecule has 0 atom stereocenters. The van der Waals surface area contributed by atoms with Crippen LogP contribution in [0.3, 0.4) is 0 Å². The summed E-state index contributed by atoms with van der Waals surface area (Å²) in [4.78, 5) is 11.3. The van der Waals surface area contributed by atoms with Crippen LogP contribution in [0.15, 0.2) is 36.5 Å². The molecule has 0 fully saturated rings. The largest absolute Gasteiger partial charge is 0.334 e. The zero-order valence-electron chi connectivity index (χ0n) is 9.42. The van der Waals surface area contributed by atoms with Crippen molar-refractivity contribution in [3.63, 3.8) is 0 Å². The molecule has 4 heteroatoms. The molecule has 0 bridgehead atoms. The number of hydrogen-bond acceptors (Lipinski definition) is 2. The maximum atomic E-state index is 11.3. The van der Waals surface area contributed by atoms with Crippen LogP contribution in [0.2, 0.25) is 0 Å². The zero-order chi connectivity index (χ0) is 12.0. The molecule has 0 saturated carbocycles. The first-order valence-corrected chi connectivity index (χ1v) is 5.10. The van der Waals surface area contributed by atoms with Gasteiger partial charge in [0.15, 0.2) is 0 Å². The molecule has 0 spiro atoms. The molecule has 16 heavy (non-hydrogen) atoms. The Kier molecular flexibility index (Phi) is 4.54. The van der Waals surface area contributed by atoms with E-state index in [-0.39, 0.29) is 6.03 Å². The van der Waals surface area contributed by atoms with Crippen LogP contribution in [-0.4, -0.2) is 6.03 Å². The Labute approximate surface area is 95.5 Å². The lowest BCUT2D eigenvalue weighted by Gasteiger charge is -2.07. The van der Waals surface area contributed by atoms with Gasteiger partial charge in [0.1, 0.15) is 0 Å². The van der Waals surface area contributed by atoms with Crippen LogP contribution in [0.5, 0.6) is 0 Å². The fraction of sp³-hybridized carbons (Fsp3) is 0.250. The molecule has 0 aliphatic carbocycles. The van der Waals surface area contributed by atoms with E-state index in [1.54, 1.807) is 6.92 Å². The minimum absolute atomic E-state index is 0.245. The Morgan fingerprint density at radius 3 is 2.75 bits per heavy atom. The molecule has 0 unspecified atom stereocenters. The Morgan fingerprint density at radius 2 is 2.12 bits per heavy atom. The Hall–Kier alpha value is -1.81. The van der Waals surface area contributed by atoms with Gasteiger partial charge in [0.2, 0.25) is 0 Å². The maximum Gasteiger partial charge on any atom is 0.319 e. The molecule has 0 aromatic heterocycles. The first-order valence-electron chi connectivity index (χ1n) is 5.10. The monoisotopic (exact) mass is 219 g/mol. The van der Waals surface area contributed by atoms with Crippen LogP contribution in [0.25, 0.3) is 0 Å². The SMILES string of the molecule is C=C(C)NC(=O)NCc1cccc(CN)c1. The highest BCUT2D eigenvalue weighted by Crippen LogP contribution is 2.03. The molecule has 2 amide bonds. The van der Waals surface area contributed by atoms with Gasteiger partial charge in [-0.2, -0.15) is 0 Å². The van der Waals surface area contributed by atoms with Crippen molar-refractivity contribution in [3.8, 4) is 0 Å². The average Bonchev–Trinajstić information content (AvgIpc) is 2.26. The van der Waals surface area contributed by atoms with Gasteiger partial charge in [-0.15, -0.1) is 0 Å². The van der Waals surface area contributed by atoms with Crippen molar-refractivity contribution >= 4 is 6.03 Å². The van der Waals surface area contributed by atoms with E-state index in [2.05, 4.69) is 17.2 Å². The zero-order valence-corrected chi connectivity index (χ0v) is 9.42. The summed E-state index contributed by atoms with van der Waals surface area (Å²) in [6, 6.07) is 7.56. The number of rotatable bonds is 4. The second-order valence-corrected chi connectivity index (χ2v) is 3.61. The molecular weight excluding hydrogens is 202 g/mol. The summed E-state index contributed by atoms with van der Waals surface area (Å²) in [6.45, 7) is 6.30. The third-order valence-electron chi connectivity index (χ3n) is 2.01. The predicted octanol–water partition coefficient (Wildman–Crippen LogP) is 1.48. The quantitative estimate of drug-likeness (QED) is 0.718. The van der Waals surface area contributed by atoms with Crippen molar-refractivity contribution in [2.75, 3.05) is 0 Å². The molecule has 1 aromatic carbocycles. The molecule has 0 aliphatic heterocycles. The van der Waals surface area contributed by atoms with Crippen LogP contribution in [0.1, 0.15) is 18.1 Å². The second-order valence-electron chi connectivity index (χ2n) is 3.61. The molecule has 0 heterocycles. The molecule has 1 rings (SSSR count). The van der Waals surface area contributed by atoms with Crippen LogP contribution >= 0.6 is 0 Å². The van der Waals surface area contributed by atoms with E-state index >= 15 is 0 Å². The number of carbonyl (C=O) groups is 1. The van der Waals surface area contributed by atoms with Crippen molar-refractivity contribution in [1.82, 2.24) is 10.6 Å². The van der Waals surface area contributed by atoms with E-state index in [0.29, 0.717) is 18.8 Å². The maximum absolute atomic E-state index is 11.3. The molecule has 1 aromatic rings. The molecule has 0 saturated heterocycles. The fourth-order valence-corrected chi connectivity index (χ4v) is 1.29. The predicted molar refractivity (Wildman–Crippen MR) is 64.5 cm³/mol. The van der Waals surface area contributed by atoms with E-state index in [0.717, 1.165) is 11.1 Å². The molecule has 0 aliphatic rings. The summed E-state index contributed by atoms with van der Waals surface area (Å²) in [5.74, 6) is 0. The van der Waals surface area contributed by atoms with Crippen LogP contribution in [-0.2, 0) is 13.1 Å². The van der Waals surface area contributed by atoms with Crippen molar-refractivity contribution in [2.24, 2.45) is 5.73 Å². The van der Waals surface area contributed by atoms with E-state index in [1.807, 2.05) is 24.3 Å². The van der Waals surface area contributed by atoms with Crippen molar-refractivity contribution in [1.29, 1.82) is 0 Å². The molecule has 86 valence electrons. The Balaban J connectivity index is 2.47. The van der Waals surface area contributed by atoms with Crippen LogP contribution in [0, 0.1) is 0 Å². The molecular formula is C12H17N3O. The third-order valence-corrected chi connectivity index (χ3v) is 2.01. The lowest BCUT2D eigenvalue weighted by atomic mass is 10.1. The topological polar surface area (TPSA) is 67.2 Å². The van der Waals surface area contributed by atoms with E-state index < -0.39 is 0 Å². The average molecular weight is 219 g/mol. The van der Waals surface area contributed by atoms with Gasteiger partial charge >= 0.3 is 6.03 Å². The minimum Gasteiger partial charge on any atom is -0.334 e. The van der Waals surface area contributed by atoms with Crippen LogP contribution in [0.4, 0.5) is 4.79 Å². The Bertz CT molecular complexity index is 388. The van der Waals surface area contributed by atoms with Gasteiger partial charge in [0, 0.05) is 18.8 Å². The summed E-state index contributed by atoms with van der Waals surface area (Å²) in [6.07, 6.45) is 0. The van der Waals surface area contributed by atoms with Gasteiger partial charge in [-0.1, -0.05) is 30.8 Å². The highest BCUT2D eigenvalue weighted by Gasteiger charge is 2.00. The van der Waals surface area contributed by atoms with Crippen molar-refractivity contribution in [2.45, 2.75) is 20.0 Å². The van der Waals surface area contributed by atoms with Gasteiger partial charge in [0.25, 0.3) is 0 Å². The van der Waals surface area contributed by atoms with E-state index in [9.17, 15) is 4.79 Å². The number of carbonyl (C=O) groups excluding carboxylic acids is 1. The van der Waals surface area contributed by atoms with Crippen LogP contribution < -0.4 is 16.4 Å². The van der Waals surface area contributed by atoms with Gasteiger partial charge in [-0.05, 0) is 18.1 Å². The first kappa shape index (κ1) is 12.3. The first-order chi connectivity index (χ1) is 7.61. The highest BCUT2D eigenvalue weighted by atomic mass is 16.2. The van der Waals surface area contributed by atoms with Gasteiger partial charge in [-0.25, -0.2) is 4.79 Å². The summed E-state index contributed by atoms with van der Waals surface area (Å²) < 4.78 is 0. The van der Waals surface area contributed by atoms with Gasteiger partial charge < -0.3 is 16.4 Å². The van der Waals surface area contributed by atoms with E-state index in [4.69, 9.17) is 5.73 Å². The number of amides is 2. The molecule has 0 radical (unpaired) electrons. The summed E-state index contributed by atoms with van der Waals surface area (Å²) in [5, 5.41) is 5.30. The molecule has 4 N–H and O–H groups in total. The number of allylic oxidation sites excluding steroid dienone is 1. The summed E-state index contributed by atoms with van der Waals surface area (Å²) in [7, 11) is 0. The number of benzene rings is 1. The number of nitrogens with one attached hydrogen (secondary N) is 2. The number of nitrogens with two attached hydrogens (primary N) is 1. The highest BCUT2D eigenvalue weighted by molar-refractivity contribution is 5.75. The van der Waals surface area contributed by atoms with Crippen molar-refractivity contribution < 1.29 is 4.79 Å². The second kappa shape index (κ2) is 5.92. The van der Waals surface area contributed by atoms with E-state index in [1.165, 1.54) is 0 Å². The summed E-state index contributed by atoms with van der Waals surface area (Å²) in [5.41, 5.74) is 8.23. The fourth-order valence-electron chi connectivity index (χ4n) is 1.29. The smallest absolute Gasteiger partial charge is 0.319 e. The number of urea groups is 1. The Morgan fingerprint density at radius 1 is 1.44 bits per heavy atom. The standard InChI is InChI=1S/C12H17N3O/c1-9(2)15-12(16)14-8-11-5-3-4-10(6-11)7-13/h3-6H,1,7-8,13H2,2H3,(H2,14,15,16). The van der Waals surface area contributed by atoms with Gasteiger partial charge in [-0.3, -0.25) is 0 Å². The summed E-state index contributed by atoms with van der Waals surface area (Å²) >= 11 is 0. The molecule has 4 nitrogen and oxygen atoms in total. The normalized spacial score (nSPS) is 9.62. The third kappa shape index (κ3) is 4.14.